The van der Waals surface area contributed by atoms with E-state index >= 15 is 0 Å². The molecular formula is C15H19NO3S. The van der Waals surface area contributed by atoms with Crippen LogP contribution in [-0.4, -0.2) is 28.9 Å². The quantitative estimate of drug-likeness (QED) is 0.857. The molecule has 0 radical (unpaired) electrons. The molecule has 2 rings (SSSR count). The van der Waals surface area contributed by atoms with Crippen LogP contribution in [0.5, 0.6) is 0 Å². The highest BCUT2D eigenvalue weighted by Gasteiger charge is 2.41. The Morgan fingerprint density at radius 2 is 2.20 bits per heavy atom. The number of thiophene rings is 1. The predicted octanol–water partition coefficient (Wildman–Crippen LogP) is 3.05. The number of hydrogen-bond donors (Lipinski definition) is 0. The molecule has 1 aromatic rings. The number of carbonyl (C=O) groups excluding carboxylic acids is 2. The summed E-state index contributed by atoms with van der Waals surface area (Å²) >= 11 is 1.53. The topological polar surface area (TPSA) is 46.6 Å². The Labute approximate surface area is 123 Å². The zero-order chi connectivity index (χ0) is 14.9. The molecule has 108 valence electrons. The van der Waals surface area contributed by atoms with Gasteiger partial charge in [0.1, 0.15) is 5.76 Å². The maximum Gasteiger partial charge on any atom is 0.261 e. The molecule has 1 amide bonds. The molecule has 0 fully saturated rings. The number of ketones is 1. The van der Waals surface area contributed by atoms with Crippen LogP contribution in [0.2, 0.25) is 0 Å². The Balaban J connectivity index is 2.39. The van der Waals surface area contributed by atoms with E-state index in [2.05, 4.69) is 0 Å². The van der Waals surface area contributed by atoms with Crippen molar-refractivity contribution in [3.05, 3.63) is 28.1 Å². The van der Waals surface area contributed by atoms with Crippen LogP contribution in [0.3, 0.4) is 0 Å². The molecule has 0 unspecified atom stereocenters. The van der Waals surface area contributed by atoms with Gasteiger partial charge in [0, 0.05) is 12.0 Å². The van der Waals surface area contributed by atoms with Crippen LogP contribution in [0.15, 0.2) is 22.6 Å². The molecule has 20 heavy (non-hydrogen) atoms. The third-order valence-electron chi connectivity index (χ3n) is 3.71. The molecule has 4 nitrogen and oxygen atoms in total. The van der Waals surface area contributed by atoms with Gasteiger partial charge in [-0.15, -0.1) is 0 Å². The number of Topliss-reactive ketones (excluding diaryl/α,β-unsaturated/α-hetero) is 1. The zero-order valence-electron chi connectivity index (χ0n) is 12.2. The van der Waals surface area contributed by atoms with Crippen LogP contribution in [0, 0.1) is 0 Å². The first-order chi connectivity index (χ1) is 9.39. The molecule has 0 saturated heterocycles. The lowest BCUT2D eigenvalue weighted by atomic mass is 9.93. The van der Waals surface area contributed by atoms with E-state index in [4.69, 9.17) is 4.74 Å². The van der Waals surface area contributed by atoms with E-state index in [-0.39, 0.29) is 18.4 Å². The van der Waals surface area contributed by atoms with E-state index in [0.717, 1.165) is 5.56 Å². The number of rotatable bonds is 4. The molecule has 0 aliphatic carbocycles. The summed E-state index contributed by atoms with van der Waals surface area (Å²) in [4.78, 5) is 26.3. The first kappa shape index (κ1) is 14.8. The lowest BCUT2D eigenvalue weighted by Crippen LogP contribution is -2.55. The molecule has 0 saturated carbocycles. The molecule has 5 heteroatoms. The van der Waals surface area contributed by atoms with Crippen molar-refractivity contribution in [2.75, 3.05) is 6.73 Å². The predicted molar refractivity (Wildman–Crippen MR) is 79.1 cm³/mol. The van der Waals surface area contributed by atoms with Crippen LogP contribution in [-0.2, 0) is 14.3 Å². The number of ether oxygens (including phenoxy) is 1. The molecule has 0 bridgehead atoms. The van der Waals surface area contributed by atoms with Gasteiger partial charge in [0.15, 0.2) is 12.5 Å². The van der Waals surface area contributed by atoms with E-state index in [1.54, 1.807) is 27.7 Å². The van der Waals surface area contributed by atoms with E-state index in [9.17, 15) is 9.59 Å². The van der Waals surface area contributed by atoms with E-state index < -0.39 is 5.54 Å². The van der Waals surface area contributed by atoms with E-state index in [1.165, 1.54) is 16.2 Å². The average molecular weight is 293 g/mol. The van der Waals surface area contributed by atoms with Crippen LogP contribution in [0.4, 0.5) is 0 Å². The van der Waals surface area contributed by atoms with Crippen LogP contribution >= 0.6 is 11.3 Å². The summed E-state index contributed by atoms with van der Waals surface area (Å²) in [5, 5.41) is 3.84. The van der Waals surface area contributed by atoms with Gasteiger partial charge < -0.3 is 4.74 Å². The molecule has 0 spiro atoms. The lowest BCUT2D eigenvalue weighted by molar-refractivity contribution is -0.148. The van der Waals surface area contributed by atoms with Gasteiger partial charge in [-0.05, 0) is 37.6 Å². The first-order valence-corrected chi connectivity index (χ1v) is 7.55. The highest BCUT2D eigenvalue weighted by atomic mass is 32.1. The fourth-order valence-electron chi connectivity index (χ4n) is 2.31. The third-order valence-corrected chi connectivity index (χ3v) is 4.39. The van der Waals surface area contributed by atoms with Gasteiger partial charge >= 0.3 is 0 Å². The Bertz CT molecular complexity index is 558. The van der Waals surface area contributed by atoms with Crippen molar-refractivity contribution in [3.8, 4) is 0 Å². The monoisotopic (exact) mass is 293 g/mol. The minimum Gasteiger partial charge on any atom is -0.477 e. The average Bonchev–Trinajstić information content (AvgIpc) is 2.91. The van der Waals surface area contributed by atoms with Crippen molar-refractivity contribution in [1.29, 1.82) is 0 Å². The number of amides is 1. The SMILES string of the molecule is CCC(=O)C(C)(C)N1COC(C)=C(c2ccsc2)C1=O. The Morgan fingerprint density at radius 1 is 1.50 bits per heavy atom. The van der Waals surface area contributed by atoms with Crippen molar-refractivity contribution in [2.45, 2.75) is 39.7 Å². The Kier molecular flexibility index (Phi) is 3.99. The normalized spacial score (nSPS) is 16.4. The van der Waals surface area contributed by atoms with Gasteiger partial charge in [0.25, 0.3) is 5.91 Å². The third kappa shape index (κ3) is 2.38. The van der Waals surface area contributed by atoms with Crippen molar-refractivity contribution in [2.24, 2.45) is 0 Å². The van der Waals surface area contributed by atoms with Crippen molar-refractivity contribution >= 4 is 28.6 Å². The maximum absolute atomic E-state index is 12.7. The van der Waals surface area contributed by atoms with Gasteiger partial charge in [-0.25, -0.2) is 0 Å². The highest BCUT2D eigenvalue weighted by Crippen LogP contribution is 2.31. The highest BCUT2D eigenvalue weighted by molar-refractivity contribution is 7.08. The molecule has 0 N–H and O–H groups in total. The second kappa shape index (κ2) is 5.40. The van der Waals surface area contributed by atoms with Gasteiger partial charge in [0.2, 0.25) is 0 Å². The van der Waals surface area contributed by atoms with Crippen molar-refractivity contribution in [3.63, 3.8) is 0 Å². The lowest BCUT2D eigenvalue weighted by Gasteiger charge is -2.40. The van der Waals surface area contributed by atoms with E-state index in [0.29, 0.717) is 17.8 Å². The van der Waals surface area contributed by atoms with Crippen molar-refractivity contribution < 1.29 is 14.3 Å². The summed E-state index contributed by atoms with van der Waals surface area (Å²) in [7, 11) is 0. The summed E-state index contributed by atoms with van der Waals surface area (Å²) in [6.45, 7) is 7.26. The van der Waals surface area contributed by atoms with Crippen LogP contribution in [0.25, 0.3) is 5.57 Å². The maximum atomic E-state index is 12.7. The van der Waals surface area contributed by atoms with E-state index in [1.807, 2.05) is 16.8 Å². The smallest absolute Gasteiger partial charge is 0.261 e. The summed E-state index contributed by atoms with van der Waals surface area (Å²) < 4.78 is 5.62. The fourth-order valence-corrected chi connectivity index (χ4v) is 2.96. The Hall–Kier alpha value is -1.62. The molecular weight excluding hydrogens is 274 g/mol. The second-order valence-electron chi connectivity index (χ2n) is 5.29. The fraction of sp³-hybridized carbons (Fsp3) is 0.467. The number of allylic oxidation sites excluding steroid dienone is 1. The minimum atomic E-state index is -0.853. The minimum absolute atomic E-state index is 0.0265. The number of nitrogens with zero attached hydrogens (tertiary/aromatic N) is 1. The van der Waals surface area contributed by atoms with Gasteiger partial charge in [0.05, 0.1) is 11.1 Å². The summed E-state index contributed by atoms with van der Waals surface area (Å²) in [6.07, 6.45) is 0.396. The molecule has 1 aliphatic rings. The van der Waals surface area contributed by atoms with Crippen LogP contribution < -0.4 is 0 Å². The van der Waals surface area contributed by atoms with Gasteiger partial charge in [-0.1, -0.05) is 6.92 Å². The number of hydrogen-bond acceptors (Lipinski definition) is 4. The largest absolute Gasteiger partial charge is 0.477 e. The molecule has 2 heterocycles. The summed E-state index contributed by atoms with van der Waals surface area (Å²) in [5.41, 5.74) is 0.546. The van der Waals surface area contributed by atoms with Crippen LogP contribution in [0.1, 0.15) is 39.7 Å². The first-order valence-electron chi connectivity index (χ1n) is 6.61. The molecule has 1 aliphatic heterocycles. The summed E-state index contributed by atoms with van der Waals surface area (Å²) in [6, 6.07) is 1.89. The standard InChI is InChI=1S/C15H19NO3S/c1-5-12(17)15(3,4)16-9-19-10(2)13(14(16)18)11-6-7-20-8-11/h6-8H,5,9H2,1-4H3. The summed E-state index contributed by atoms with van der Waals surface area (Å²) in [5.74, 6) is 0.502. The molecule has 0 atom stereocenters. The number of carbonyl (C=O) groups is 2. The molecule has 1 aromatic heterocycles. The van der Waals surface area contributed by atoms with Gasteiger partial charge in [-0.3, -0.25) is 14.5 Å². The Morgan fingerprint density at radius 3 is 2.75 bits per heavy atom. The van der Waals surface area contributed by atoms with Gasteiger partial charge in [-0.2, -0.15) is 11.3 Å². The van der Waals surface area contributed by atoms with Crippen molar-refractivity contribution in [1.82, 2.24) is 4.90 Å². The second-order valence-corrected chi connectivity index (χ2v) is 6.07. The molecule has 0 aromatic carbocycles. The zero-order valence-corrected chi connectivity index (χ0v) is 13.0.